The van der Waals surface area contributed by atoms with Gasteiger partial charge in [-0.15, -0.1) is 0 Å². The van der Waals surface area contributed by atoms with Gasteiger partial charge in [0.1, 0.15) is 0 Å². The van der Waals surface area contributed by atoms with Gasteiger partial charge < -0.3 is 19.6 Å². The van der Waals surface area contributed by atoms with E-state index in [1.54, 1.807) is 0 Å². The minimum Gasteiger partial charge on any atom is -0.340 e. The predicted octanol–water partition coefficient (Wildman–Crippen LogP) is 2.85. The third-order valence-electron chi connectivity index (χ3n) is 5.93. The molecule has 0 bridgehead atoms. The van der Waals surface area contributed by atoms with Gasteiger partial charge >= 0.3 is 6.03 Å². The second kappa shape index (κ2) is 8.59. The summed E-state index contributed by atoms with van der Waals surface area (Å²) in [6, 6.07) is 0.256. The highest BCUT2D eigenvalue weighted by Crippen LogP contribution is 2.24. The molecule has 0 saturated carbocycles. The number of carbonyl (C=O) groups excluding carboxylic acids is 1. The molecule has 2 amide bonds. The smallest absolute Gasteiger partial charge is 0.317 e. The molecule has 2 aliphatic rings. The van der Waals surface area contributed by atoms with Crippen molar-refractivity contribution in [2.45, 2.75) is 65.8 Å². The number of aryl methyl sites for hydroxylation is 1. The summed E-state index contributed by atoms with van der Waals surface area (Å²) in [5.74, 6) is 1.93. The number of hydrogen-bond acceptors (Lipinski definition) is 5. The number of likely N-dealkylation sites (tertiary alicyclic amines) is 2. The molecule has 0 spiro atoms. The van der Waals surface area contributed by atoms with E-state index in [0.29, 0.717) is 11.8 Å². The maximum absolute atomic E-state index is 12.9. The Morgan fingerprint density at radius 2 is 1.89 bits per heavy atom. The van der Waals surface area contributed by atoms with Gasteiger partial charge in [-0.25, -0.2) is 4.79 Å². The van der Waals surface area contributed by atoms with E-state index in [0.717, 1.165) is 57.8 Å². The number of piperidine rings is 1. The number of nitrogens with zero attached hydrogens (tertiary/aromatic N) is 4. The topological polar surface area (TPSA) is 74.5 Å². The van der Waals surface area contributed by atoms with Crippen LogP contribution in [-0.4, -0.2) is 64.7 Å². The number of amides is 2. The Kier molecular flexibility index (Phi) is 6.40. The van der Waals surface area contributed by atoms with Crippen molar-refractivity contribution >= 4 is 6.03 Å². The van der Waals surface area contributed by atoms with Gasteiger partial charge in [-0.05, 0) is 50.1 Å². The lowest BCUT2D eigenvalue weighted by molar-refractivity contribution is 0.145. The van der Waals surface area contributed by atoms with Crippen LogP contribution in [0.1, 0.15) is 58.2 Å². The summed E-state index contributed by atoms with van der Waals surface area (Å²) in [6.07, 6.45) is 5.38. The highest BCUT2D eigenvalue weighted by Gasteiger charge is 2.31. The van der Waals surface area contributed by atoms with E-state index in [4.69, 9.17) is 4.52 Å². The molecule has 2 fully saturated rings. The molecule has 7 nitrogen and oxygen atoms in total. The van der Waals surface area contributed by atoms with Gasteiger partial charge in [0.25, 0.3) is 0 Å². The molecular formula is C20H35N5O2. The first kappa shape index (κ1) is 20.1. The third-order valence-corrected chi connectivity index (χ3v) is 5.93. The predicted molar refractivity (Wildman–Crippen MR) is 104 cm³/mol. The number of carbonyl (C=O) groups is 1. The summed E-state index contributed by atoms with van der Waals surface area (Å²) in [6.45, 7) is 13.3. The van der Waals surface area contributed by atoms with Crippen LogP contribution >= 0.6 is 0 Å². The van der Waals surface area contributed by atoms with Crippen molar-refractivity contribution in [1.82, 2.24) is 25.3 Å². The second-order valence-corrected chi connectivity index (χ2v) is 9.24. The molecular weight excluding hydrogens is 342 g/mol. The van der Waals surface area contributed by atoms with Crippen molar-refractivity contribution in [2.75, 3.05) is 32.7 Å². The standard InChI is InChI=1S/C20H35N5O2/c1-15-21-18(23-27-15)13-16-7-11-25(12-8-16)19(26)22-17(20(2,3)4)14-24-9-5-6-10-24/h16-17H,5-14H2,1-4H3,(H,22,26). The first-order valence-corrected chi connectivity index (χ1v) is 10.4. The molecule has 7 heteroatoms. The molecule has 3 heterocycles. The molecule has 2 aliphatic heterocycles. The molecule has 3 rings (SSSR count). The Morgan fingerprint density at radius 3 is 2.44 bits per heavy atom. The Morgan fingerprint density at radius 1 is 1.22 bits per heavy atom. The minimum atomic E-state index is 0.0487. The van der Waals surface area contributed by atoms with Crippen LogP contribution in [0.3, 0.4) is 0 Å². The Labute approximate surface area is 162 Å². The zero-order chi connectivity index (χ0) is 19.4. The van der Waals surface area contributed by atoms with Crippen molar-refractivity contribution in [3.63, 3.8) is 0 Å². The molecule has 0 radical (unpaired) electrons. The lowest BCUT2D eigenvalue weighted by Crippen LogP contribution is -2.55. The molecule has 0 aromatic carbocycles. The van der Waals surface area contributed by atoms with Crippen LogP contribution in [0.25, 0.3) is 0 Å². The first-order valence-electron chi connectivity index (χ1n) is 10.4. The Bertz CT molecular complexity index is 610. The largest absolute Gasteiger partial charge is 0.340 e. The SMILES string of the molecule is Cc1nc(CC2CCN(C(=O)NC(CN3CCCC3)C(C)(C)C)CC2)no1. The van der Waals surface area contributed by atoms with Crippen molar-refractivity contribution in [3.05, 3.63) is 11.7 Å². The van der Waals surface area contributed by atoms with Crippen molar-refractivity contribution in [3.8, 4) is 0 Å². The number of urea groups is 1. The fourth-order valence-corrected chi connectivity index (χ4v) is 4.02. The maximum Gasteiger partial charge on any atom is 0.317 e. The van der Waals surface area contributed by atoms with Crippen molar-refractivity contribution < 1.29 is 9.32 Å². The van der Waals surface area contributed by atoms with Gasteiger partial charge in [0.2, 0.25) is 5.89 Å². The van der Waals surface area contributed by atoms with Crippen molar-refractivity contribution in [1.29, 1.82) is 0 Å². The first-order chi connectivity index (χ1) is 12.8. The van der Waals surface area contributed by atoms with Gasteiger partial charge in [0, 0.05) is 39.0 Å². The highest BCUT2D eigenvalue weighted by atomic mass is 16.5. The van der Waals surface area contributed by atoms with E-state index in [2.05, 4.69) is 41.1 Å². The fourth-order valence-electron chi connectivity index (χ4n) is 4.02. The summed E-state index contributed by atoms with van der Waals surface area (Å²) in [5.41, 5.74) is 0.0487. The molecule has 1 N–H and O–H groups in total. The zero-order valence-electron chi connectivity index (χ0n) is 17.3. The molecule has 1 aromatic heterocycles. The second-order valence-electron chi connectivity index (χ2n) is 9.24. The van der Waals surface area contributed by atoms with E-state index >= 15 is 0 Å². The zero-order valence-corrected chi connectivity index (χ0v) is 17.3. The van der Waals surface area contributed by atoms with E-state index in [-0.39, 0.29) is 17.5 Å². The summed E-state index contributed by atoms with van der Waals surface area (Å²) >= 11 is 0. The molecule has 152 valence electrons. The lowest BCUT2D eigenvalue weighted by Gasteiger charge is -2.38. The molecule has 27 heavy (non-hydrogen) atoms. The Balaban J connectivity index is 1.48. The van der Waals surface area contributed by atoms with E-state index < -0.39 is 0 Å². The normalized spacial score (nSPS) is 20.8. The molecule has 1 atom stereocenters. The highest BCUT2D eigenvalue weighted by molar-refractivity contribution is 5.74. The average molecular weight is 378 g/mol. The number of hydrogen-bond donors (Lipinski definition) is 1. The fraction of sp³-hybridized carbons (Fsp3) is 0.850. The quantitative estimate of drug-likeness (QED) is 0.854. The average Bonchev–Trinajstić information content (AvgIpc) is 3.26. The molecule has 2 saturated heterocycles. The van der Waals surface area contributed by atoms with Gasteiger partial charge in [0.15, 0.2) is 5.82 Å². The minimum absolute atomic E-state index is 0.0487. The maximum atomic E-state index is 12.9. The summed E-state index contributed by atoms with van der Waals surface area (Å²) in [7, 11) is 0. The van der Waals surface area contributed by atoms with Crippen LogP contribution in [0, 0.1) is 18.3 Å². The molecule has 0 aliphatic carbocycles. The van der Waals surface area contributed by atoms with Crippen LogP contribution in [0.15, 0.2) is 4.52 Å². The monoisotopic (exact) mass is 377 g/mol. The van der Waals surface area contributed by atoms with Crippen LogP contribution in [-0.2, 0) is 6.42 Å². The van der Waals surface area contributed by atoms with E-state index in [1.165, 1.54) is 12.8 Å². The van der Waals surface area contributed by atoms with Gasteiger partial charge in [-0.2, -0.15) is 4.98 Å². The summed E-state index contributed by atoms with van der Waals surface area (Å²) < 4.78 is 5.06. The molecule has 1 aromatic rings. The van der Waals surface area contributed by atoms with Gasteiger partial charge in [0.05, 0.1) is 0 Å². The van der Waals surface area contributed by atoms with Gasteiger partial charge in [-0.1, -0.05) is 25.9 Å². The summed E-state index contributed by atoms with van der Waals surface area (Å²) in [5, 5.41) is 7.32. The van der Waals surface area contributed by atoms with Gasteiger partial charge in [-0.3, -0.25) is 0 Å². The Hall–Kier alpha value is -1.63. The van der Waals surface area contributed by atoms with Crippen molar-refractivity contribution in [2.24, 2.45) is 11.3 Å². The molecule has 1 unspecified atom stereocenters. The van der Waals surface area contributed by atoms with Crippen LogP contribution in [0.2, 0.25) is 0 Å². The lowest BCUT2D eigenvalue weighted by atomic mass is 9.86. The number of rotatable bonds is 5. The van der Waals surface area contributed by atoms with E-state index in [9.17, 15) is 4.79 Å². The number of aromatic nitrogens is 2. The summed E-state index contributed by atoms with van der Waals surface area (Å²) in [4.78, 5) is 21.6. The van der Waals surface area contributed by atoms with Crippen LogP contribution < -0.4 is 5.32 Å². The number of nitrogens with one attached hydrogen (secondary N) is 1. The van der Waals surface area contributed by atoms with E-state index in [1.807, 2.05) is 11.8 Å². The third kappa shape index (κ3) is 5.67. The van der Waals surface area contributed by atoms with Crippen LogP contribution in [0.5, 0.6) is 0 Å². The van der Waals surface area contributed by atoms with Crippen LogP contribution in [0.4, 0.5) is 4.79 Å².